The molecule has 7 nitrogen and oxygen atoms in total. The summed E-state index contributed by atoms with van der Waals surface area (Å²) in [6.45, 7) is 4.15. The van der Waals surface area contributed by atoms with Gasteiger partial charge in [0, 0.05) is 18.6 Å². The zero-order chi connectivity index (χ0) is 17.3. The molecule has 24 heavy (non-hydrogen) atoms. The Morgan fingerprint density at radius 2 is 2.29 bits per heavy atom. The van der Waals surface area contributed by atoms with Gasteiger partial charge >= 0.3 is 0 Å². The second-order valence-electron chi connectivity index (χ2n) is 6.27. The number of nitrogens with one attached hydrogen (secondary N) is 2. The van der Waals surface area contributed by atoms with E-state index >= 15 is 0 Å². The second-order valence-corrected chi connectivity index (χ2v) is 7.22. The average molecular weight is 347 g/mol. The maximum absolute atomic E-state index is 13.0. The van der Waals surface area contributed by atoms with Crippen LogP contribution in [0.5, 0.6) is 0 Å². The maximum Gasteiger partial charge on any atom is 0.258 e. The van der Waals surface area contributed by atoms with E-state index in [1.165, 1.54) is 17.5 Å². The zero-order valence-electron chi connectivity index (χ0n) is 13.7. The van der Waals surface area contributed by atoms with Crippen molar-refractivity contribution in [2.75, 3.05) is 6.54 Å². The highest BCUT2D eigenvalue weighted by Gasteiger charge is 2.39. The lowest BCUT2D eigenvalue weighted by Gasteiger charge is -2.24. The van der Waals surface area contributed by atoms with Crippen molar-refractivity contribution in [2.24, 2.45) is 5.73 Å². The Balaban J connectivity index is 1.86. The smallest absolute Gasteiger partial charge is 0.258 e. The van der Waals surface area contributed by atoms with Crippen LogP contribution in [0.25, 0.3) is 10.6 Å². The molecule has 0 bridgehead atoms. The molecule has 0 spiro atoms. The third-order valence-electron chi connectivity index (χ3n) is 3.97. The number of amides is 2. The number of H-pyrrole nitrogens is 1. The molecule has 3 heterocycles. The van der Waals surface area contributed by atoms with Crippen LogP contribution in [0.2, 0.25) is 0 Å². The minimum atomic E-state index is -0.541. The number of nitrogens with zero attached hydrogens (tertiary/aromatic N) is 2. The van der Waals surface area contributed by atoms with E-state index in [0.717, 1.165) is 4.88 Å². The standard InChI is InChI=1S/C16H21N5O2S/c1-9(2)19-15(22)12-6-10(17)8-21(12)16(23)11-7-18-20-14(11)13-4-3-5-24-13/h3-5,7,9-10,12H,6,8,17H2,1-2H3,(H,18,20)(H,19,22)/t10-,12+/m1/s1. The number of hydrogen-bond donors (Lipinski definition) is 3. The first-order valence-corrected chi connectivity index (χ1v) is 8.79. The summed E-state index contributed by atoms with van der Waals surface area (Å²) in [6, 6.07) is 3.12. The highest BCUT2D eigenvalue weighted by Crippen LogP contribution is 2.28. The van der Waals surface area contributed by atoms with Crippen LogP contribution in [0.15, 0.2) is 23.7 Å². The second kappa shape index (κ2) is 6.74. The van der Waals surface area contributed by atoms with Crippen molar-refractivity contribution in [1.82, 2.24) is 20.4 Å². The fourth-order valence-corrected chi connectivity index (χ4v) is 3.67. The quantitative estimate of drug-likeness (QED) is 0.773. The number of thiophene rings is 1. The zero-order valence-corrected chi connectivity index (χ0v) is 14.5. The van der Waals surface area contributed by atoms with Gasteiger partial charge in [0.25, 0.3) is 5.91 Å². The first-order valence-electron chi connectivity index (χ1n) is 7.91. The van der Waals surface area contributed by atoms with Gasteiger partial charge < -0.3 is 16.0 Å². The number of aromatic amines is 1. The molecule has 1 aliphatic rings. The lowest BCUT2D eigenvalue weighted by Crippen LogP contribution is -2.47. The van der Waals surface area contributed by atoms with Crippen molar-refractivity contribution < 1.29 is 9.59 Å². The number of likely N-dealkylation sites (tertiary alicyclic amines) is 1. The highest BCUT2D eigenvalue weighted by molar-refractivity contribution is 7.13. The van der Waals surface area contributed by atoms with Gasteiger partial charge in [0.05, 0.1) is 22.3 Å². The molecule has 1 saturated heterocycles. The molecule has 0 aromatic carbocycles. The van der Waals surface area contributed by atoms with Crippen LogP contribution in [0.4, 0.5) is 0 Å². The molecule has 0 unspecified atom stereocenters. The molecule has 2 amide bonds. The van der Waals surface area contributed by atoms with Crippen LogP contribution in [-0.4, -0.2) is 51.6 Å². The van der Waals surface area contributed by atoms with Crippen LogP contribution in [0.3, 0.4) is 0 Å². The summed E-state index contributed by atoms with van der Waals surface area (Å²) in [6.07, 6.45) is 1.98. The Morgan fingerprint density at radius 1 is 1.50 bits per heavy atom. The molecule has 3 rings (SSSR count). The molecular weight excluding hydrogens is 326 g/mol. The lowest BCUT2D eigenvalue weighted by atomic mass is 10.1. The van der Waals surface area contributed by atoms with Crippen LogP contribution in [0.1, 0.15) is 30.6 Å². The monoisotopic (exact) mass is 347 g/mol. The Kier molecular flexibility index (Phi) is 4.68. The van der Waals surface area contributed by atoms with Gasteiger partial charge in [-0.15, -0.1) is 11.3 Å². The number of rotatable bonds is 4. The van der Waals surface area contributed by atoms with E-state index < -0.39 is 6.04 Å². The summed E-state index contributed by atoms with van der Waals surface area (Å²) in [5, 5.41) is 11.7. The van der Waals surface area contributed by atoms with E-state index in [9.17, 15) is 9.59 Å². The van der Waals surface area contributed by atoms with Crippen molar-refractivity contribution in [3.8, 4) is 10.6 Å². The Labute approximate surface area is 144 Å². The molecule has 1 fully saturated rings. The van der Waals surface area contributed by atoms with Gasteiger partial charge in [-0.1, -0.05) is 6.07 Å². The van der Waals surface area contributed by atoms with Gasteiger partial charge in [-0.05, 0) is 31.7 Å². The molecule has 1 aliphatic heterocycles. The highest BCUT2D eigenvalue weighted by atomic mass is 32.1. The maximum atomic E-state index is 13.0. The van der Waals surface area contributed by atoms with Crippen LogP contribution < -0.4 is 11.1 Å². The SMILES string of the molecule is CC(C)NC(=O)[C@@H]1C[C@@H](N)CN1C(=O)c1cn[nH]c1-c1cccs1. The van der Waals surface area contributed by atoms with Gasteiger partial charge in [-0.2, -0.15) is 5.10 Å². The van der Waals surface area contributed by atoms with Crippen molar-refractivity contribution in [3.05, 3.63) is 29.3 Å². The summed E-state index contributed by atoms with van der Waals surface area (Å²) in [4.78, 5) is 27.9. The van der Waals surface area contributed by atoms with Crippen LogP contribution >= 0.6 is 11.3 Å². The van der Waals surface area contributed by atoms with Crippen molar-refractivity contribution in [1.29, 1.82) is 0 Å². The van der Waals surface area contributed by atoms with Gasteiger partial charge in [-0.3, -0.25) is 14.7 Å². The summed E-state index contributed by atoms with van der Waals surface area (Å²) in [7, 11) is 0. The first kappa shape index (κ1) is 16.7. The predicted octanol–water partition coefficient (Wildman–Crippen LogP) is 1.20. The summed E-state index contributed by atoms with van der Waals surface area (Å²) in [5.74, 6) is -0.378. The number of carbonyl (C=O) groups excluding carboxylic acids is 2. The molecule has 0 radical (unpaired) electrons. The normalized spacial score (nSPS) is 20.6. The van der Waals surface area contributed by atoms with Gasteiger partial charge in [0.1, 0.15) is 6.04 Å². The first-order chi connectivity index (χ1) is 11.5. The largest absolute Gasteiger partial charge is 0.352 e. The number of hydrogen-bond acceptors (Lipinski definition) is 5. The third kappa shape index (κ3) is 3.20. The Morgan fingerprint density at radius 3 is 2.96 bits per heavy atom. The summed E-state index contributed by atoms with van der Waals surface area (Å²) < 4.78 is 0. The minimum Gasteiger partial charge on any atom is -0.352 e. The summed E-state index contributed by atoms with van der Waals surface area (Å²) in [5.41, 5.74) is 7.16. The molecule has 8 heteroatoms. The van der Waals surface area contributed by atoms with E-state index in [2.05, 4.69) is 15.5 Å². The van der Waals surface area contributed by atoms with Gasteiger partial charge in [0.15, 0.2) is 0 Å². The predicted molar refractivity (Wildman–Crippen MR) is 92.6 cm³/mol. The topological polar surface area (TPSA) is 104 Å². The number of nitrogens with two attached hydrogens (primary N) is 1. The Hall–Kier alpha value is -2.19. The molecular formula is C16H21N5O2S. The van der Waals surface area contributed by atoms with E-state index in [1.54, 1.807) is 4.90 Å². The van der Waals surface area contributed by atoms with Crippen LogP contribution in [-0.2, 0) is 4.79 Å². The van der Waals surface area contributed by atoms with E-state index in [-0.39, 0.29) is 23.9 Å². The minimum absolute atomic E-state index is 0.0156. The van der Waals surface area contributed by atoms with E-state index in [1.807, 2.05) is 31.4 Å². The lowest BCUT2D eigenvalue weighted by molar-refractivity contribution is -0.125. The molecule has 0 aliphatic carbocycles. The van der Waals surface area contributed by atoms with Gasteiger partial charge in [-0.25, -0.2) is 0 Å². The molecule has 4 N–H and O–H groups in total. The molecule has 2 aromatic heterocycles. The van der Waals surface area contributed by atoms with Crippen LogP contribution in [0, 0.1) is 0 Å². The fraction of sp³-hybridized carbons (Fsp3) is 0.438. The average Bonchev–Trinajstić information content (AvgIpc) is 3.25. The van der Waals surface area contributed by atoms with E-state index in [0.29, 0.717) is 24.2 Å². The molecule has 128 valence electrons. The molecule has 0 saturated carbocycles. The fourth-order valence-electron chi connectivity index (χ4n) is 2.93. The Bertz CT molecular complexity index is 725. The van der Waals surface area contributed by atoms with Crippen molar-refractivity contribution in [3.63, 3.8) is 0 Å². The molecule has 2 aromatic rings. The van der Waals surface area contributed by atoms with Crippen molar-refractivity contribution in [2.45, 2.75) is 38.4 Å². The third-order valence-corrected chi connectivity index (χ3v) is 4.85. The molecule has 2 atom stereocenters. The summed E-state index contributed by atoms with van der Waals surface area (Å²) >= 11 is 1.52. The number of carbonyl (C=O) groups is 2. The number of aromatic nitrogens is 2. The van der Waals surface area contributed by atoms with Gasteiger partial charge in [0.2, 0.25) is 5.91 Å². The van der Waals surface area contributed by atoms with Crippen molar-refractivity contribution >= 4 is 23.2 Å². The van der Waals surface area contributed by atoms with E-state index in [4.69, 9.17) is 5.73 Å².